The van der Waals surface area contributed by atoms with Crippen molar-refractivity contribution in [2.45, 2.75) is 63.9 Å². The first kappa shape index (κ1) is 26.1. The summed E-state index contributed by atoms with van der Waals surface area (Å²) < 4.78 is 65.5. The largest absolute Gasteiger partial charge is 0.406 e. The minimum Gasteiger partial charge on any atom is -0.274 e. The molecule has 0 aliphatic heterocycles. The number of amides is 2. The lowest BCUT2D eigenvalue weighted by Crippen LogP contribution is -2.43. The summed E-state index contributed by atoms with van der Waals surface area (Å²) in [5, 5.41) is 0. The van der Waals surface area contributed by atoms with E-state index in [1.54, 1.807) is 6.92 Å². The summed E-state index contributed by atoms with van der Waals surface area (Å²) in [5.74, 6) is -2.01. The Morgan fingerprint density at radius 1 is 0.933 bits per heavy atom. The van der Waals surface area contributed by atoms with Crippen molar-refractivity contribution in [1.29, 1.82) is 0 Å². The Kier molecular flexibility index (Phi) is 9.96. The number of unbranched alkanes of at least 4 members (excludes halogenated alkanes) is 1. The number of carbonyl (C=O) groups is 2. The number of benzene rings is 1. The summed E-state index contributed by atoms with van der Waals surface area (Å²) >= 11 is 0. The summed E-state index contributed by atoms with van der Waals surface area (Å²) in [5.41, 5.74) is -0.180. The second-order valence-electron chi connectivity index (χ2n) is 6.93. The second-order valence-corrected chi connectivity index (χ2v) is 8.87. The molecule has 0 spiro atoms. The molecule has 0 saturated heterocycles. The molecule has 6 nitrogen and oxygen atoms in total. The first-order valence-electron chi connectivity index (χ1n) is 9.99. The van der Waals surface area contributed by atoms with E-state index in [2.05, 4.69) is 0 Å². The maximum atomic E-state index is 12.9. The Hall–Kier alpha value is -1.94. The SMILES string of the molecule is CCCCC(=O)N(CC(F)(F)F)C(=O)c1ccc(S(=O)(=O)N(CCC)CCC)cc1. The van der Waals surface area contributed by atoms with Crippen molar-refractivity contribution in [3.63, 3.8) is 0 Å². The molecule has 0 saturated carbocycles. The summed E-state index contributed by atoms with van der Waals surface area (Å²) in [6.45, 7) is 4.47. The zero-order valence-electron chi connectivity index (χ0n) is 17.5. The lowest BCUT2D eigenvalue weighted by molar-refractivity contribution is -0.155. The van der Waals surface area contributed by atoms with Gasteiger partial charge in [0.2, 0.25) is 15.9 Å². The molecular formula is C20H29F3N2O4S. The van der Waals surface area contributed by atoms with Gasteiger partial charge in [0.1, 0.15) is 6.54 Å². The Bertz CT molecular complexity index is 802. The number of hydrogen-bond donors (Lipinski definition) is 0. The number of nitrogens with zero attached hydrogens (tertiary/aromatic N) is 2. The van der Waals surface area contributed by atoms with Gasteiger partial charge in [0.25, 0.3) is 5.91 Å². The molecule has 0 aromatic heterocycles. The van der Waals surface area contributed by atoms with Gasteiger partial charge in [0.15, 0.2) is 0 Å². The average molecular weight is 451 g/mol. The Labute approximate surface area is 176 Å². The lowest BCUT2D eigenvalue weighted by Gasteiger charge is -2.23. The number of carbonyl (C=O) groups excluding carboxylic acids is 2. The maximum Gasteiger partial charge on any atom is 0.406 e. The van der Waals surface area contributed by atoms with Gasteiger partial charge in [-0.05, 0) is 43.5 Å². The number of hydrogen-bond acceptors (Lipinski definition) is 4. The van der Waals surface area contributed by atoms with E-state index in [-0.39, 0.29) is 21.8 Å². The first-order valence-corrected chi connectivity index (χ1v) is 11.4. The summed E-state index contributed by atoms with van der Waals surface area (Å²) in [7, 11) is -3.78. The highest BCUT2D eigenvalue weighted by molar-refractivity contribution is 7.89. The molecule has 2 amide bonds. The molecule has 0 N–H and O–H groups in total. The quantitative estimate of drug-likeness (QED) is 0.506. The van der Waals surface area contributed by atoms with Crippen LogP contribution >= 0.6 is 0 Å². The van der Waals surface area contributed by atoms with Gasteiger partial charge in [-0.2, -0.15) is 17.5 Å². The van der Waals surface area contributed by atoms with E-state index in [9.17, 15) is 31.2 Å². The highest BCUT2D eigenvalue weighted by Gasteiger charge is 2.36. The van der Waals surface area contributed by atoms with Crippen LogP contribution in [0.2, 0.25) is 0 Å². The van der Waals surface area contributed by atoms with Gasteiger partial charge in [-0.1, -0.05) is 27.2 Å². The smallest absolute Gasteiger partial charge is 0.274 e. The number of sulfonamides is 1. The van der Waals surface area contributed by atoms with Gasteiger partial charge in [0.05, 0.1) is 4.90 Å². The van der Waals surface area contributed by atoms with Crippen molar-refractivity contribution in [3.05, 3.63) is 29.8 Å². The molecule has 0 aliphatic carbocycles. The maximum absolute atomic E-state index is 12.9. The van der Waals surface area contributed by atoms with Crippen molar-refractivity contribution in [1.82, 2.24) is 9.21 Å². The van der Waals surface area contributed by atoms with Crippen LogP contribution in [0.15, 0.2) is 29.2 Å². The molecule has 30 heavy (non-hydrogen) atoms. The number of imide groups is 1. The van der Waals surface area contributed by atoms with Crippen LogP contribution in [0.25, 0.3) is 0 Å². The van der Waals surface area contributed by atoms with E-state index in [1.807, 2.05) is 13.8 Å². The normalized spacial score (nSPS) is 12.2. The van der Waals surface area contributed by atoms with Crippen LogP contribution < -0.4 is 0 Å². The van der Waals surface area contributed by atoms with Crippen LogP contribution in [0, 0.1) is 0 Å². The van der Waals surface area contributed by atoms with Crippen LogP contribution in [0.4, 0.5) is 13.2 Å². The third-order valence-corrected chi connectivity index (χ3v) is 6.23. The van der Waals surface area contributed by atoms with E-state index >= 15 is 0 Å². The zero-order chi connectivity index (χ0) is 22.9. The van der Waals surface area contributed by atoms with Gasteiger partial charge in [-0.15, -0.1) is 0 Å². The van der Waals surface area contributed by atoms with E-state index in [4.69, 9.17) is 0 Å². The molecule has 0 atom stereocenters. The van der Waals surface area contributed by atoms with Gasteiger partial charge in [-0.25, -0.2) is 8.42 Å². The van der Waals surface area contributed by atoms with Crippen LogP contribution in [0.5, 0.6) is 0 Å². The minimum atomic E-state index is -4.73. The Morgan fingerprint density at radius 2 is 1.47 bits per heavy atom. The van der Waals surface area contributed by atoms with Gasteiger partial charge in [0, 0.05) is 25.1 Å². The predicted octanol–water partition coefficient (Wildman–Crippen LogP) is 4.22. The Morgan fingerprint density at radius 3 is 1.90 bits per heavy atom. The van der Waals surface area contributed by atoms with E-state index < -0.39 is 34.6 Å². The fourth-order valence-electron chi connectivity index (χ4n) is 2.84. The fourth-order valence-corrected chi connectivity index (χ4v) is 4.46. The molecule has 170 valence electrons. The first-order chi connectivity index (χ1) is 14.0. The molecule has 10 heteroatoms. The summed E-state index contributed by atoms with van der Waals surface area (Å²) in [4.78, 5) is 24.9. The number of rotatable bonds is 11. The van der Waals surface area contributed by atoms with Crippen molar-refractivity contribution in [2.75, 3.05) is 19.6 Å². The molecular weight excluding hydrogens is 421 g/mol. The van der Waals surface area contributed by atoms with Gasteiger partial charge < -0.3 is 0 Å². The zero-order valence-corrected chi connectivity index (χ0v) is 18.4. The minimum absolute atomic E-state index is 0.0550. The molecule has 0 unspecified atom stereocenters. The third kappa shape index (κ3) is 7.39. The molecule has 0 heterocycles. The average Bonchev–Trinajstić information content (AvgIpc) is 2.69. The number of alkyl halides is 3. The summed E-state index contributed by atoms with van der Waals surface area (Å²) in [6.07, 6.45) is -2.69. The molecule has 0 fully saturated rings. The molecule has 0 bridgehead atoms. The molecule has 1 rings (SSSR count). The highest BCUT2D eigenvalue weighted by atomic mass is 32.2. The van der Waals surface area contributed by atoms with Crippen LogP contribution in [0.1, 0.15) is 63.2 Å². The van der Waals surface area contributed by atoms with Gasteiger partial charge in [-0.3, -0.25) is 14.5 Å². The molecule has 0 aliphatic rings. The van der Waals surface area contributed by atoms with Crippen LogP contribution in [-0.2, 0) is 14.8 Å². The number of halogens is 3. The lowest BCUT2D eigenvalue weighted by atomic mass is 10.1. The second kappa shape index (κ2) is 11.5. The monoisotopic (exact) mass is 450 g/mol. The fraction of sp³-hybridized carbons (Fsp3) is 0.600. The van der Waals surface area contributed by atoms with Crippen molar-refractivity contribution < 1.29 is 31.2 Å². The van der Waals surface area contributed by atoms with Crippen molar-refractivity contribution in [2.24, 2.45) is 0 Å². The third-order valence-electron chi connectivity index (χ3n) is 4.31. The topological polar surface area (TPSA) is 74.8 Å². The standard InChI is InChI=1S/C20H29F3N2O4S/c1-4-7-8-18(26)25(15-20(21,22)23)19(27)16-9-11-17(12-10-16)30(28,29)24(13-5-2)14-6-3/h9-12H,4-8,13-15H2,1-3H3. The van der Waals surface area contributed by atoms with E-state index in [0.29, 0.717) is 38.8 Å². The van der Waals surface area contributed by atoms with Crippen molar-refractivity contribution >= 4 is 21.8 Å². The van der Waals surface area contributed by atoms with Gasteiger partial charge >= 0.3 is 6.18 Å². The predicted molar refractivity (Wildman–Crippen MR) is 107 cm³/mol. The molecule has 1 aromatic rings. The van der Waals surface area contributed by atoms with E-state index in [1.165, 1.54) is 16.4 Å². The van der Waals surface area contributed by atoms with Crippen LogP contribution in [0.3, 0.4) is 0 Å². The molecule has 1 aromatic carbocycles. The Balaban J connectivity index is 3.15. The highest BCUT2D eigenvalue weighted by Crippen LogP contribution is 2.21. The van der Waals surface area contributed by atoms with Crippen LogP contribution in [-0.4, -0.2) is 55.2 Å². The molecule has 0 radical (unpaired) electrons. The van der Waals surface area contributed by atoms with E-state index in [0.717, 1.165) is 12.1 Å². The summed E-state index contributed by atoms with van der Waals surface area (Å²) in [6, 6.07) is 4.65. The van der Waals surface area contributed by atoms with Crippen molar-refractivity contribution in [3.8, 4) is 0 Å².